The van der Waals surface area contributed by atoms with Crippen molar-refractivity contribution < 1.29 is 0 Å². The third-order valence-electron chi connectivity index (χ3n) is 2.39. The summed E-state index contributed by atoms with van der Waals surface area (Å²) in [4.78, 5) is 2.37. The molecule has 1 fully saturated rings. The summed E-state index contributed by atoms with van der Waals surface area (Å²) >= 11 is 0. The fourth-order valence-electron chi connectivity index (χ4n) is 1.60. The molecular weight excluding hydrogens is 150 g/mol. The number of likely N-dealkylation sites (N-methyl/N-ethyl adjacent to an activating group) is 1. The molecule has 0 amide bonds. The van der Waals surface area contributed by atoms with Crippen LogP contribution in [0.4, 0.5) is 0 Å². The Morgan fingerprint density at radius 3 is 2.58 bits per heavy atom. The Hall–Kier alpha value is -0.590. The van der Waals surface area contributed by atoms with Crippen molar-refractivity contribution in [2.24, 2.45) is 0 Å². The van der Waals surface area contributed by atoms with Crippen LogP contribution in [0.1, 0.15) is 19.3 Å². The highest BCUT2D eigenvalue weighted by Crippen LogP contribution is 2.08. The number of hydrogen-bond donors (Lipinski definition) is 1. The first kappa shape index (κ1) is 9.50. The first-order chi connectivity index (χ1) is 5.86. The zero-order valence-corrected chi connectivity index (χ0v) is 7.71. The van der Waals surface area contributed by atoms with E-state index in [0.717, 1.165) is 6.54 Å². The van der Waals surface area contributed by atoms with Gasteiger partial charge >= 0.3 is 0 Å². The molecule has 0 aliphatic carbocycles. The van der Waals surface area contributed by atoms with Crippen LogP contribution in [0.2, 0.25) is 0 Å². The van der Waals surface area contributed by atoms with E-state index in [1.807, 2.05) is 7.05 Å². The molecule has 1 heterocycles. The first-order valence-electron chi connectivity index (χ1n) is 4.66. The molecule has 1 unspecified atom stereocenters. The first-order valence-corrected chi connectivity index (χ1v) is 4.66. The quantitative estimate of drug-likeness (QED) is 0.668. The summed E-state index contributed by atoms with van der Waals surface area (Å²) in [7, 11) is 1.85. The Kier molecular flexibility index (Phi) is 4.06. The van der Waals surface area contributed by atoms with Crippen LogP contribution in [0.3, 0.4) is 0 Å². The number of nitrogens with one attached hydrogen (secondary N) is 1. The Morgan fingerprint density at radius 1 is 1.42 bits per heavy atom. The van der Waals surface area contributed by atoms with E-state index < -0.39 is 0 Å². The number of nitrogens with zero attached hydrogens (tertiary/aromatic N) is 2. The molecule has 68 valence electrons. The summed E-state index contributed by atoms with van der Waals surface area (Å²) in [6.45, 7) is 3.22. The molecular formula is C9H17N3. The van der Waals surface area contributed by atoms with Gasteiger partial charge in [-0.25, -0.2) is 0 Å². The summed E-state index contributed by atoms with van der Waals surface area (Å²) in [6.07, 6.45) is 3.94. The molecule has 0 aromatic heterocycles. The van der Waals surface area contributed by atoms with Gasteiger partial charge in [0.25, 0.3) is 0 Å². The highest BCUT2D eigenvalue weighted by Gasteiger charge is 2.13. The maximum absolute atomic E-state index is 8.72. The molecule has 0 aromatic carbocycles. The second-order valence-corrected chi connectivity index (χ2v) is 3.33. The molecule has 0 radical (unpaired) electrons. The van der Waals surface area contributed by atoms with Gasteiger partial charge < -0.3 is 10.2 Å². The Bertz CT molecular complexity index is 156. The van der Waals surface area contributed by atoms with E-state index in [-0.39, 0.29) is 6.04 Å². The van der Waals surface area contributed by atoms with E-state index in [1.165, 1.54) is 32.4 Å². The Balaban J connectivity index is 2.24. The van der Waals surface area contributed by atoms with E-state index in [0.29, 0.717) is 0 Å². The van der Waals surface area contributed by atoms with Crippen LogP contribution in [0, 0.1) is 11.3 Å². The predicted octanol–water partition coefficient (Wildman–Crippen LogP) is 0.584. The van der Waals surface area contributed by atoms with E-state index in [1.54, 1.807) is 0 Å². The molecule has 1 aliphatic heterocycles. The van der Waals surface area contributed by atoms with Crippen molar-refractivity contribution in [1.29, 1.82) is 5.26 Å². The van der Waals surface area contributed by atoms with Crippen LogP contribution < -0.4 is 5.32 Å². The van der Waals surface area contributed by atoms with Crippen molar-refractivity contribution in [2.45, 2.75) is 25.3 Å². The lowest BCUT2D eigenvalue weighted by Gasteiger charge is -2.27. The Labute approximate surface area is 74.4 Å². The van der Waals surface area contributed by atoms with E-state index in [2.05, 4.69) is 16.3 Å². The molecule has 0 aromatic rings. The molecule has 1 rings (SSSR count). The number of likely N-dealkylation sites (tertiary alicyclic amines) is 1. The number of piperidine rings is 1. The van der Waals surface area contributed by atoms with Gasteiger partial charge in [-0.3, -0.25) is 0 Å². The number of hydrogen-bond acceptors (Lipinski definition) is 3. The van der Waals surface area contributed by atoms with Crippen LogP contribution >= 0.6 is 0 Å². The Morgan fingerprint density at radius 2 is 2.08 bits per heavy atom. The number of rotatable bonds is 3. The zero-order chi connectivity index (χ0) is 8.81. The van der Waals surface area contributed by atoms with E-state index in [4.69, 9.17) is 5.26 Å². The van der Waals surface area contributed by atoms with Gasteiger partial charge in [0, 0.05) is 6.54 Å². The second-order valence-electron chi connectivity index (χ2n) is 3.33. The number of nitriles is 1. The third-order valence-corrected chi connectivity index (χ3v) is 2.39. The van der Waals surface area contributed by atoms with Crippen LogP contribution in [0.25, 0.3) is 0 Å². The van der Waals surface area contributed by atoms with Gasteiger partial charge in [-0.2, -0.15) is 5.26 Å². The lowest BCUT2D eigenvalue weighted by Crippen LogP contribution is -2.40. The minimum absolute atomic E-state index is 0.00287. The molecule has 1 atom stereocenters. The average Bonchev–Trinajstić information content (AvgIpc) is 2.16. The van der Waals surface area contributed by atoms with Crippen LogP contribution in [-0.2, 0) is 0 Å². The normalized spacial score (nSPS) is 21.7. The maximum atomic E-state index is 8.72. The molecule has 0 spiro atoms. The third kappa shape index (κ3) is 2.80. The maximum Gasteiger partial charge on any atom is 0.108 e. The summed E-state index contributed by atoms with van der Waals surface area (Å²) in [5, 5.41) is 11.7. The molecule has 3 heteroatoms. The highest BCUT2D eigenvalue weighted by molar-refractivity contribution is 4.91. The fourth-order valence-corrected chi connectivity index (χ4v) is 1.60. The van der Waals surface area contributed by atoms with Crippen molar-refractivity contribution in [3.63, 3.8) is 0 Å². The van der Waals surface area contributed by atoms with Crippen LogP contribution in [0.15, 0.2) is 0 Å². The lowest BCUT2D eigenvalue weighted by molar-refractivity contribution is 0.219. The minimum atomic E-state index is 0.00287. The molecule has 0 bridgehead atoms. The second kappa shape index (κ2) is 5.13. The average molecular weight is 167 g/mol. The van der Waals surface area contributed by atoms with Crippen LogP contribution in [0.5, 0.6) is 0 Å². The fraction of sp³-hybridized carbons (Fsp3) is 0.889. The van der Waals surface area contributed by atoms with Gasteiger partial charge in [0.15, 0.2) is 0 Å². The van der Waals surface area contributed by atoms with Gasteiger partial charge in [-0.1, -0.05) is 6.42 Å². The highest BCUT2D eigenvalue weighted by atomic mass is 15.1. The summed E-state index contributed by atoms with van der Waals surface area (Å²) in [5.41, 5.74) is 0. The summed E-state index contributed by atoms with van der Waals surface area (Å²) < 4.78 is 0. The van der Waals surface area contributed by atoms with Gasteiger partial charge in [0.05, 0.1) is 6.07 Å². The molecule has 3 nitrogen and oxygen atoms in total. The molecule has 1 N–H and O–H groups in total. The molecule has 12 heavy (non-hydrogen) atoms. The van der Waals surface area contributed by atoms with E-state index in [9.17, 15) is 0 Å². The molecule has 0 saturated carbocycles. The minimum Gasteiger partial charge on any atom is -0.304 e. The lowest BCUT2D eigenvalue weighted by atomic mass is 10.1. The van der Waals surface area contributed by atoms with Gasteiger partial charge in [0.2, 0.25) is 0 Å². The zero-order valence-electron chi connectivity index (χ0n) is 7.71. The summed E-state index contributed by atoms with van der Waals surface area (Å²) in [6, 6.07) is 2.25. The standard InChI is InChI=1S/C9H17N3/c1-11-9(7-10)8-12-5-3-2-4-6-12/h9,11H,2-6,8H2,1H3. The van der Waals surface area contributed by atoms with E-state index >= 15 is 0 Å². The van der Waals surface area contributed by atoms with Crippen molar-refractivity contribution in [2.75, 3.05) is 26.7 Å². The monoisotopic (exact) mass is 167 g/mol. The predicted molar refractivity (Wildman–Crippen MR) is 48.8 cm³/mol. The van der Waals surface area contributed by atoms with Gasteiger partial charge in [-0.15, -0.1) is 0 Å². The summed E-state index contributed by atoms with van der Waals surface area (Å²) in [5.74, 6) is 0. The largest absolute Gasteiger partial charge is 0.304 e. The topological polar surface area (TPSA) is 39.1 Å². The van der Waals surface area contributed by atoms with Crippen molar-refractivity contribution >= 4 is 0 Å². The van der Waals surface area contributed by atoms with Crippen molar-refractivity contribution in [3.05, 3.63) is 0 Å². The van der Waals surface area contributed by atoms with Gasteiger partial charge in [0.1, 0.15) is 6.04 Å². The van der Waals surface area contributed by atoms with Crippen LogP contribution in [-0.4, -0.2) is 37.6 Å². The van der Waals surface area contributed by atoms with Gasteiger partial charge in [-0.05, 0) is 33.0 Å². The molecule has 1 aliphatic rings. The van der Waals surface area contributed by atoms with Crippen molar-refractivity contribution in [3.8, 4) is 6.07 Å². The van der Waals surface area contributed by atoms with Crippen molar-refractivity contribution in [1.82, 2.24) is 10.2 Å². The smallest absolute Gasteiger partial charge is 0.108 e. The molecule has 1 saturated heterocycles. The SMILES string of the molecule is CNC(C#N)CN1CCCCC1.